The molecule has 0 saturated carbocycles. The number of allylic oxidation sites excluding steroid dienone is 8. The first-order valence-corrected chi connectivity index (χ1v) is 22.6. The lowest BCUT2D eigenvalue weighted by Crippen LogP contribution is -2.37. The summed E-state index contributed by atoms with van der Waals surface area (Å²) in [6.07, 6.45) is 40.2. The zero-order chi connectivity index (χ0) is 40.5. The van der Waals surface area contributed by atoms with Crippen molar-refractivity contribution in [2.75, 3.05) is 47.5 Å². The first-order valence-electron chi connectivity index (χ1n) is 21.1. The van der Waals surface area contributed by atoms with Gasteiger partial charge in [0.1, 0.15) is 19.8 Å². The highest BCUT2D eigenvalue weighted by atomic mass is 31.2. The minimum absolute atomic E-state index is 0.0480. The van der Waals surface area contributed by atoms with Crippen LogP contribution in [0.25, 0.3) is 0 Å². The quantitative estimate of drug-likeness (QED) is 0.0152. The summed E-state index contributed by atoms with van der Waals surface area (Å²) in [5.41, 5.74) is 0. The maximum absolute atomic E-state index is 12.6. The van der Waals surface area contributed by atoms with Crippen molar-refractivity contribution in [2.24, 2.45) is 0 Å². The molecule has 0 aromatic carbocycles. The lowest BCUT2D eigenvalue weighted by atomic mass is 10.1. The molecule has 0 spiro atoms. The molecule has 55 heavy (non-hydrogen) atoms. The minimum Gasteiger partial charge on any atom is -0.756 e. The molecule has 1 rings (SSSR count). The van der Waals surface area contributed by atoms with Crippen LogP contribution in [0.3, 0.4) is 0 Å². The number of hydrogen-bond acceptors (Lipinski definition) is 9. The fraction of sp³-hybridized carbons (Fsp3) is 0.727. The summed E-state index contributed by atoms with van der Waals surface area (Å²) in [6, 6.07) is 0. The molecule has 0 aliphatic carbocycles. The molecule has 1 saturated heterocycles. The fourth-order valence-corrected chi connectivity index (χ4v) is 6.27. The predicted octanol–water partition coefficient (Wildman–Crippen LogP) is 10.0. The van der Waals surface area contributed by atoms with Crippen LogP contribution in [0.15, 0.2) is 60.8 Å². The number of unbranched alkanes of at least 4 members (excludes halogenated alkanes) is 10. The SMILES string of the molecule is CC/C=C\CC1OC1C/C=C\C/C=C\C/C=C\C/C=C\CCC(=O)O[C@H](COC(=O)CCCCCCCCCCCCC)COP(=O)([O-])OCC[N+](C)(C)C. The Balaban J connectivity index is 2.35. The fourth-order valence-electron chi connectivity index (χ4n) is 5.54. The van der Waals surface area contributed by atoms with E-state index in [9.17, 15) is 19.0 Å². The van der Waals surface area contributed by atoms with E-state index < -0.39 is 32.5 Å². The number of hydrogen-bond donors (Lipinski definition) is 0. The maximum atomic E-state index is 12.6. The standard InChI is InChI=1S/C44H76NO9P/c1-6-8-10-11-12-13-16-20-23-26-30-34-43(46)50-38-40(39-52-55(48,49)51-37-36-45(3,4)5)53-44(47)35-31-27-24-21-18-15-14-17-19-22-25-29-33-42-41(54-42)32-28-9-7-2/h9,15,17-19,24-25,27-29,40-42H,6-8,10-14,16,20-23,26,30-39H2,1-5H3/b18-15-,19-17-,27-24-,28-9-,29-25-/t40-,41?,42?/m1/s1. The van der Waals surface area contributed by atoms with Crippen LogP contribution in [0.4, 0.5) is 0 Å². The third kappa shape index (κ3) is 33.5. The molecule has 316 valence electrons. The summed E-state index contributed by atoms with van der Waals surface area (Å²) in [5, 5.41) is 0. The number of nitrogens with zero attached hydrogens (tertiary/aromatic N) is 1. The van der Waals surface area contributed by atoms with Gasteiger partial charge in [-0.15, -0.1) is 0 Å². The molecule has 0 N–H and O–H groups in total. The van der Waals surface area contributed by atoms with Crippen molar-refractivity contribution < 1.29 is 46.8 Å². The number of rotatable bonds is 36. The number of carbonyl (C=O) groups excluding carboxylic acids is 2. The highest BCUT2D eigenvalue weighted by molar-refractivity contribution is 7.45. The van der Waals surface area contributed by atoms with Crippen molar-refractivity contribution >= 4 is 19.8 Å². The van der Waals surface area contributed by atoms with Crippen LogP contribution in [0.5, 0.6) is 0 Å². The predicted molar refractivity (Wildman–Crippen MR) is 221 cm³/mol. The molecule has 1 aliphatic rings. The molecule has 0 aromatic heterocycles. The van der Waals surface area contributed by atoms with E-state index in [1.807, 2.05) is 33.3 Å². The molecule has 0 aromatic rings. The monoisotopic (exact) mass is 794 g/mol. The van der Waals surface area contributed by atoms with Crippen molar-refractivity contribution in [2.45, 2.75) is 161 Å². The summed E-state index contributed by atoms with van der Waals surface area (Å²) in [7, 11) is 1.11. The molecule has 1 heterocycles. The lowest BCUT2D eigenvalue weighted by Gasteiger charge is -2.28. The number of quaternary nitrogens is 1. The number of esters is 2. The Hall–Kier alpha value is -2.33. The van der Waals surface area contributed by atoms with Crippen molar-refractivity contribution in [1.29, 1.82) is 0 Å². The highest BCUT2D eigenvalue weighted by Gasteiger charge is 2.35. The summed E-state index contributed by atoms with van der Waals surface area (Å²) in [5.74, 6) is -0.942. The third-order valence-electron chi connectivity index (χ3n) is 8.97. The van der Waals surface area contributed by atoms with Gasteiger partial charge in [-0.3, -0.25) is 14.2 Å². The molecular formula is C44H76NO9P. The summed E-state index contributed by atoms with van der Waals surface area (Å²) in [6.45, 7) is 3.99. The van der Waals surface area contributed by atoms with Crippen LogP contribution in [0.1, 0.15) is 142 Å². The Morgan fingerprint density at radius 1 is 0.673 bits per heavy atom. The van der Waals surface area contributed by atoms with Crippen LogP contribution in [0, 0.1) is 0 Å². The Kier molecular flexibility index (Phi) is 30.2. The van der Waals surface area contributed by atoms with Crippen LogP contribution >= 0.6 is 7.82 Å². The van der Waals surface area contributed by atoms with E-state index >= 15 is 0 Å². The van der Waals surface area contributed by atoms with Crippen LogP contribution in [0.2, 0.25) is 0 Å². The van der Waals surface area contributed by atoms with Crippen LogP contribution in [-0.4, -0.2) is 82.2 Å². The van der Waals surface area contributed by atoms with E-state index in [1.165, 1.54) is 51.4 Å². The van der Waals surface area contributed by atoms with E-state index in [2.05, 4.69) is 62.5 Å². The topological polar surface area (TPSA) is 124 Å². The van der Waals surface area contributed by atoms with E-state index in [0.717, 1.165) is 57.8 Å². The van der Waals surface area contributed by atoms with E-state index in [4.69, 9.17) is 23.3 Å². The zero-order valence-electron chi connectivity index (χ0n) is 35.0. The molecule has 0 radical (unpaired) electrons. The molecule has 1 fully saturated rings. The largest absolute Gasteiger partial charge is 0.756 e. The lowest BCUT2D eigenvalue weighted by molar-refractivity contribution is -0.870. The van der Waals surface area contributed by atoms with Crippen molar-refractivity contribution in [3.63, 3.8) is 0 Å². The van der Waals surface area contributed by atoms with Gasteiger partial charge in [-0.1, -0.05) is 139 Å². The van der Waals surface area contributed by atoms with Crippen molar-refractivity contribution in [3.8, 4) is 0 Å². The van der Waals surface area contributed by atoms with Crippen molar-refractivity contribution in [3.05, 3.63) is 60.8 Å². The van der Waals surface area contributed by atoms with E-state index in [0.29, 0.717) is 29.7 Å². The maximum Gasteiger partial charge on any atom is 0.306 e. The van der Waals surface area contributed by atoms with Gasteiger partial charge in [0.25, 0.3) is 7.82 Å². The molecular weight excluding hydrogens is 717 g/mol. The zero-order valence-corrected chi connectivity index (χ0v) is 35.9. The van der Waals surface area contributed by atoms with Gasteiger partial charge in [-0.2, -0.15) is 0 Å². The second-order valence-electron chi connectivity index (χ2n) is 15.4. The average Bonchev–Trinajstić information content (AvgIpc) is 3.89. The normalized spacial score (nSPS) is 17.9. The first-order chi connectivity index (χ1) is 26.5. The van der Waals surface area contributed by atoms with Gasteiger partial charge in [-0.05, 0) is 51.4 Å². The molecule has 11 heteroatoms. The smallest absolute Gasteiger partial charge is 0.306 e. The first kappa shape index (κ1) is 50.7. The molecule has 0 bridgehead atoms. The Morgan fingerprint density at radius 3 is 1.76 bits per heavy atom. The number of phosphoric ester groups is 1. The van der Waals surface area contributed by atoms with E-state index in [-0.39, 0.29) is 26.1 Å². The number of carbonyl (C=O) groups is 2. The number of phosphoric acid groups is 1. The summed E-state index contributed by atoms with van der Waals surface area (Å²) < 4.78 is 39.4. The highest BCUT2D eigenvalue weighted by Crippen LogP contribution is 2.38. The molecule has 0 amide bonds. The molecule has 4 atom stereocenters. The number of likely N-dealkylation sites (N-methyl/N-ethyl adjacent to an activating group) is 1. The second-order valence-corrected chi connectivity index (χ2v) is 16.8. The summed E-state index contributed by atoms with van der Waals surface area (Å²) >= 11 is 0. The van der Waals surface area contributed by atoms with Crippen LogP contribution in [-0.2, 0) is 37.4 Å². The van der Waals surface area contributed by atoms with Gasteiger partial charge in [0.2, 0.25) is 0 Å². The third-order valence-corrected chi connectivity index (χ3v) is 9.93. The van der Waals surface area contributed by atoms with Gasteiger partial charge in [0.15, 0.2) is 6.10 Å². The molecule has 10 nitrogen and oxygen atoms in total. The van der Waals surface area contributed by atoms with Gasteiger partial charge in [0.05, 0.1) is 40.0 Å². The van der Waals surface area contributed by atoms with Gasteiger partial charge in [-0.25, -0.2) is 0 Å². The van der Waals surface area contributed by atoms with Gasteiger partial charge >= 0.3 is 11.9 Å². The van der Waals surface area contributed by atoms with Gasteiger partial charge < -0.3 is 32.6 Å². The molecule has 3 unspecified atom stereocenters. The van der Waals surface area contributed by atoms with Crippen molar-refractivity contribution in [1.82, 2.24) is 0 Å². The number of ether oxygens (including phenoxy) is 3. The minimum atomic E-state index is -4.65. The van der Waals surface area contributed by atoms with Gasteiger partial charge in [0, 0.05) is 12.8 Å². The molecule has 1 aliphatic heterocycles. The summed E-state index contributed by atoms with van der Waals surface area (Å²) in [4.78, 5) is 37.4. The van der Waals surface area contributed by atoms with E-state index in [1.54, 1.807) is 0 Å². The Labute approximate surface area is 334 Å². The Morgan fingerprint density at radius 2 is 1.20 bits per heavy atom. The number of epoxide rings is 1. The van der Waals surface area contributed by atoms with Crippen LogP contribution < -0.4 is 4.89 Å². The Bertz CT molecular complexity index is 1190. The average molecular weight is 794 g/mol. The second kappa shape index (κ2) is 32.7.